The normalized spacial score (nSPS) is 9.24. The lowest BCUT2D eigenvalue weighted by molar-refractivity contribution is 0.0696. The number of hydrogen-bond donors (Lipinski definition) is 3. The van der Waals surface area contributed by atoms with Crippen LogP contribution < -0.4 is 5.32 Å². The molecule has 0 aliphatic carbocycles. The molecular weight excluding hydrogens is 385 g/mol. The highest BCUT2D eigenvalue weighted by Crippen LogP contribution is 2.09. The van der Waals surface area contributed by atoms with E-state index in [1.54, 1.807) is 0 Å². The third-order valence-electron chi connectivity index (χ3n) is 2.49. The first kappa shape index (κ1) is 17.0. The monoisotopic (exact) mass is 399 g/mol. The summed E-state index contributed by atoms with van der Waals surface area (Å²) in [6.07, 6.45) is 0. The Labute approximate surface area is 135 Å². The molecule has 2 aromatic carbocycles. The van der Waals surface area contributed by atoms with Crippen LogP contribution in [0.2, 0.25) is 0 Å². The number of aromatic carboxylic acids is 2. The van der Waals surface area contributed by atoms with Gasteiger partial charge in [-0.1, -0.05) is 6.07 Å². The molecule has 0 saturated carbocycles. The van der Waals surface area contributed by atoms with E-state index in [0.29, 0.717) is 0 Å². The van der Waals surface area contributed by atoms with Gasteiger partial charge in [-0.05, 0) is 65.1 Å². The molecule has 6 heteroatoms. The molecule has 0 fully saturated rings. The summed E-state index contributed by atoms with van der Waals surface area (Å²) in [5.74, 6) is -2.25. The van der Waals surface area contributed by atoms with Gasteiger partial charge in [0, 0.05) is 16.3 Å². The van der Waals surface area contributed by atoms with Gasteiger partial charge in [0.2, 0.25) is 0 Å². The van der Waals surface area contributed by atoms with Gasteiger partial charge in [-0.3, -0.25) is 0 Å². The summed E-state index contributed by atoms with van der Waals surface area (Å²) in [7, 11) is 1.92. The lowest BCUT2D eigenvalue weighted by Crippen LogP contribution is -2.01. The first-order valence-corrected chi connectivity index (χ1v) is 7.02. The molecule has 0 unspecified atom stereocenters. The molecule has 2 aromatic rings. The van der Waals surface area contributed by atoms with Crippen LogP contribution in [0.1, 0.15) is 20.7 Å². The van der Waals surface area contributed by atoms with E-state index in [1.807, 2.05) is 7.05 Å². The summed E-state index contributed by atoms with van der Waals surface area (Å²) in [6.45, 7) is 0. The Bertz CT molecular complexity index is 597. The van der Waals surface area contributed by atoms with Gasteiger partial charge < -0.3 is 15.5 Å². The van der Waals surface area contributed by atoms with Crippen LogP contribution in [0.4, 0.5) is 5.69 Å². The highest BCUT2D eigenvalue weighted by molar-refractivity contribution is 14.1. The van der Waals surface area contributed by atoms with Gasteiger partial charge in [0.05, 0.1) is 11.1 Å². The Morgan fingerprint density at radius 2 is 1.43 bits per heavy atom. The highest BCUT2D eigenvalue weighted by Gasteiger charge is 2.06. The summed E-state index contributed by atoms with van der Waals surface area (Å²) in [5, 5.41) is 20.0. The average molecular weight is 399 g/mol. The largest absolute Gasteiger partial charge is 0.478 e. The van der Waals surface area contributed by atoms with E-state index in [2.05, 4.69) is 52.2 Å². The third-order valence-corrected chi connectivity index (χ3v) is 3.21. The SMILES string of the molecule is CNc1ccc(I)cc1.O=C(O)c1cccc(C(=O)O)c1. The Kier molecular flexibility index (Phi) is 6.67. The van der Waals surface area contributed by atoms with Gasteiger partial charge in [-0.25, -0.2) is 9.59 Å². The van der Waals surface area contributed by atoms with Crippen LogP contribution >= 0.6 is 22.6 Å². The first-order chi connectivity index (χ1) is 9.93. The Morgan fingerprint density at radius 1 is 0.952 bits per heavy atom. The molecule has 0 saturated heterocycles. The predicted octanol–water partition coefficient (Wildman–Crippen LogP) is 3.42. The van der Waals surface area contributed by atoms with Crippen molar-refractivity contribution in [3.8, 4) is 0 Å². The molecule has 2 rings (SSSR count). The molecule has 0 aliphatic heterocycles. The van der Waals surface area contributed by atoms with E-state index in [4.69, 9.17) is 10.2 Å². The standard InChI is InChI=1S/C8H6O4.C7H8IN/c9-7(10)5-2-1-3-6(4-5)8(11)12;1-9-7-4-2-6(8)3-5-7/h1-4H,(H,9,10)(H,11,12);2-5,9H,1H3. The molecule has 0 amide bonds. The second kappa shape index (κ2) is 8.25. The number of anilines is 1. The summed E-state index contributed by atoms with van der Waals surface area (Å²) in [5.41, 5.74) is 1.13. The van der Waals surface area contributed by atoms with Gasteiger partial charge in [0.15, 0.2) is 0 Å². The van der Waals surface area contributed by atoms with Crippen LogP contribution in [0, 0.1) is 3.57 Å². The maximum Gasteiger partial charge on any atom is 0.335 e. The maximum atomic E-state index is 10.4. The van der Waals surface area contributed by atoms with Crippen molar-refractivity contribution in [1.82, 2.24) is 0 Å². The van der Waals surface area contributed by atoms with Crippen molar-refractivity contribution >= 4 is 40.2 Å². The molecule has 5 nitrogen and oxygen atoms in total. The molecule has 0 radical (unpaired) electrons. The van der Waals surface area contributed by atoms with Crippen LogP contribution in [0.25, 0.3) is 0 Å². The molecule has 3 N–H and O–H groups in total. The maximum absolute atomic E-state index is 10.4. The number of halogens is 1. The third kappa shape index (κ3) is 5.82. The van der Waals surface area contributed by atoms with Crippen LogP contribution in [0.3, 0.4) is 0 Å². The van der Waals surface area contributed by atoms with Crippen LogP contribution in [-0.4, -0.2) is 29.2 Å². The van der Waals surface area contributed by atoms with E-state index in [-0.39, 0.29) is 11.1 Å². The van der Waals surface area contributed by atoms with E-state index in [9.17, 15) is 9.59 Å². The summed E-state index contributed by atoms with van der Waals surface area (Å²) in [6, 6.07) is 13.5. The number of hydrogen-bond acceptors (Lipinski definition) is 3. The summed E-state index contributed by atoms with van der Waals surface area (Å²) >= 11 is 2.29. The smallest absolute Gasteiger partial charge is 0.335 e. The summed E-state index contributed by atoms with van der Waals surface area (Å²) in [4.78, 5) is 20.8. The molecule has 0 heterocycles. The Morgan fingerprint density at radius 3 is 1.81 bits per heavy atom. The number of carbonyl (C=O) groups is 2. The zero-order chi connectivity index (χ0) is 15.8. The lowest BCUT2D eigenvalue weighted by atomic mass is 10.1. The van der Waals surface area contributed by atoms with E-state index in [0.717, 1.165) is 11.8 Å². The number of rotatable bonds is 3. The first-order valence-electron chi connectivity index (χ1n) is 5.94. The minimum absolute atomic E-state index is 0.0186. The van der Waals surface area contributed by atoms with E-state index < -0.39 is 11.9 Å². The van der Waals surface area contributed by atoms with E-state index >= 15 is 0 Å². The zero-order valence-corrected chi connectivity index (χ0v) is 13.4. The minimum Gasteiger partial charge on any atom is -0.478 e. The number of carboxylic acid groups (broad SMARTS) is 2. The van der Waals surface area contributed by atoms with Gasteiger partial charge in [-0.15, -0.1) is 0 Å². The van der Waals surface area contributed by atoms with Crippen molar-refractivity contribution in [3.63, 3.8) is 0 Å². The average Bonchev–Trinajstić information content (AvgIpc) is 2.49. The summed E-state index contributed by atoms with van der Waals surface area (Å²) < 4.78 is 1.27. The second-order valence-corrected chi connectivity index (χ2v) is 5.19. The molecular formula is C15H14INO4. The molecule has 21 heavy (non-hydrogen) atoms. The van der Waals surface area contributed by atoms with E-state index in [1.165, 1.54) is 21.8 Å². The molecule has 0 bridgehead atoms. The van der Waals surface area contributed by atoms with Crippen LogP contribution in [0.5, 0.6) is 0 Å². The zero-order valence-electron chi connectivity index (χ0n) is 11.2. The highest BCUT2D eigenvalue weighted by atomic mass is 127. The van der Waals surface area contributed by atoms with Gasteiger partial charge >= 0.3 is 11.9 Å². The van der Waals surface area contributed by atoms with Crippen LogP contribution in [-0.2, 0) is 0 Å². The second-order valence-electron chi connectivity index (χ2n) is 3.95. The molecule has 0 aliphatic rings. The molecule has 0 aromatic heterocycles. The van der Waals surface area contributed by atoms with Crippen molar-refractivity contribution in [2.45, 2.75) is 0 Å². The van der Waals surface area contributed by atoms with Crippen LogP contribution in [0.15, 0.2) is 48.5 Å². The Hall–Kier alpha value is -2.09. The fraction of sp³-hybridized carbons (Fsp3) is 0.0667. The van der Waals surface area contributed by atoms with Crippen molar-refractivity contribution in [2.75, 3.05) is 12.4 Å². The quantitative estimate of drug-likeness (QED) is 0.689. The number of nitrogens with one attached hydrogen (secondary N) is 1. The number of benzene rings is 2. The predicted molar refractivity (Wildman–Crippen MR) is 89.1 cm³/mol. The topological polar surface area (TPSA) is 86.6 Å². The molecule has 0 spiro atoms. The number of carboxylic acids is 2. The fourth-order valence-electron chi connectivity index (χ4n) is 1.40. The lowest BCUT2D eigenvalue weighted by Gasteiger charge is -1.96. The molecule has 0 atom stereocenters. The van der Waals surface area contributed by atoms with Crippen molar-refractivity contribution in [3.05, 3.63) is 63.2 Å². The van der Waals surface area contributed by atoms with Gasteiger partial charge in [-0.2, -0.15) is 0 Å². The van der Waals surface area contributed by atoms with Crippen molar-refractivity contribution < 1.29 is 19.8 Å². The van der Waals surface area contributed by atoms with Crippen molar-refractivity contribution in [2.24, 2.45) is 0 Å². The Balaban J connectivity index is 0.000000219. The molecule has 110 valence electrons. The fourth-order valence-corrected chi connectivity index (χ4v) is 1.76. The minimum atomic E-state index is -1.13. The van der Waals surface area contributed by atoms with Crippen molar-refractivity contribution in [1.29, 1.82) is 0 Å². The van der Waals surface area contributed by atoms with Gasteiger partial charge in [0.1, 0.15) is 0 Å². The van der Waals surface area contributed by atoms with Gasteiger partial charge in [0.25, 0.3) is 0 Å².